The molecule has 0 bridgehead atoms. The summed E-state index contributed by atoms with van der Waals surface area (Å²) in [5.41, 5.74) is 0. The molecule has 1 heterocycles. The van der Waals surface area contributed by atoms with Crippen molar-refractivity contribution in [3.63, 3.8) is 0 Å². The third-order valence-electron chi connectivity index (χ3n) is 0.737. The highest BCUT2D eigenvalue weighted by Gasteiger charge is 2.03. The van der Waals surface area contributed by atoms with E-state index in [-0.39, 0.29) is 0 Å². The van der Waals surface area contributed by atoms with E-state index in [2.05, 4.69) is 0 Å². The third-order valence-corrected chi connectivity index (χ3v) is 1.66. The molecule has 2 nitrogen and oxygen atoms in total. The molecule has 1 aliphatic heterocycles. The molecule has 0 unspecified atom stereocenters. The third kappa shape index (κ3) is 1.39. The molecule has 40 valence electrons. The minimum Gasteiger partial charge on any atom is -0.480 e. The van der Waals surface area contributed by atoms with Crippen LogP contribution in [0.3, 0.4) is 0 Å². The summed E-state index contributed by atoms with van der Waals surface area (Å²) in [5, 5.41) is 6.95. The summed E-state index contributed by atoms with van der Waals surface area (Å²) < 4.78 is 4.84. The highest BCUT2D eigenvalue weighted by molar-refractivity contribution is 8.00. The minimum atomic E-state index is 0.427. The number of ether oxygens (including phenoxy) is 1. The van der Waals surface area contributed by atoms with E-state index in [1.54, 1.807) is 11.8 Å². The Kier molecular flexibility index (Phi) is 1.57. The quantitative estimate of drug-likeness (QED) is 0.507. The minimum absolute atomic E-state index is 0.427. The van der Waals surface area contributed by atoms with Gasteiger partial charge in [-0.05, 0) is 0 Å². The van der Waals surface area contributed by atoms with Crippen LogP contribution in [0, 0.1) is 5.41 Å². The van der Waals surface area contributed by atoms with Gasteiger partial charge in [-0.1, -0.05) is 0 Å². The van der Waals surface area contributed by atoms with Crippen molar-refractivity contribution in [1.29, 1.82) is 5.41 Å². The van der Waals surface area contributed by atoms with E-state index >= 15 is 0 Å². The largest absolute Gasteiger partial charge is 0.480 e. The van der Waals surface area contributed by atoms with Crippen molar-refractivity contribution in [3.05, 3.63) is 0 Å². The molecule has 1 N–H and O–H groups in total. The van der Waals surface area contributed by atoms with Crippen molar-refractivity contribution in [2.24, 2.45) is 0 Å². The van der Waals surface area contributed by atoms with E-state index in [0.717, 1.165) is 18.1 Å². The molecule has 0 atom stereocenters. The second-order valence-electron chi connectivity index (χ2n) is 1.32. The molecule has 0 radical (unpaired) electrons. The fourth-order valence-corrected chi connectivity index (χ4v) is 1.04. The smallest absolute Gasteiger partial charge is 0.190 e. The first-order chi connectivity index (χ1) is 3.39. The maximum atomic E-state index is 6.95. The SMILES string of the molecule is N=C1CSCCO1. The second kappa shape index (κ2) is 2.21. The summed E-state index contributed by atoms with van der Waals surface area (Å²) >= 11 is 1.75. The van der Waals surface area contributed by atoms with Crippen LogP contribution in [-0.4, -0.2) is 24.0 Å². The molecule has 3 heteroatoms. The molecule has 1 saturated heterocycles. The van der Waals surface area contributed by atoms with E-state index < -0.39 is 0 Å². The van der Waals surface area contributed by atoms with Crippen molar-refractivity contribution in [1.82, 2.24) is 0 Å². The Balaban J connectivity index is 2.25. The van der Waals surface area contributed by atoms with Gasteiger partial charge in [-0.3, -0.25) is 5.41 Å². The van der Waals surface area contributed by atoms with Gasteiger partial charge < -0.3 is 4.74 Å². The number of hydrogen-bond donors (Lipinski definition) is 1. The number of rotatable bonds is 0. The van der Waals surface area contributed by atoms with E-state index in [9.17, 15) is 0 Å². The molecular formula is C4H7NOS. The molecule has 0 aliphatic carbocycles. The maximum absolute atomic E-state index is 6.95. The maximum Gasteiger partial charge on any atom is 0.190 e. The van der Waals surface area contributed by atoms with E-state index in [1.807, 2.05) is 0 Å². The summed E-state index contributed by atoms with van der Waals surface area (Å²) in [7, 11) is 0. The number of hydrogen-bond acceptors (Lipinski definition) is 3. The summed E-state index contributed by atoms with van der Waals surface area (Å²) in [6, 6.07) is 0. The number of thioether (sulfide) groups is 1. The Bertz CT molecular complexity index is 75.8. The fourth-order valence-electron chi connectivity index (χ4n) is 0.430. The Morgan fingerprint density at radius 1 is 1.71 bits per heavy atom. The zero-order chi connectivity index (χ0) is 5.11. The lowest BCUT2D eigenvalue weighted by molar-refractivity contribution is 0.321. The molecule has 1 aliphatic rings. The monoisotopic (exact) mass is 117 g/mol. The lowest BCUT2D eigenvalue weighted by Crippen LogP contribution is -2.15. The van der Waals surface area contributed by atoms with Crippen LogP contribution in [0.1, 0.15) is 0 Å². The van der Waals surface area contributed by atoms with Gasteiger partial charge in [-0.2, -0.15) is 0 Å². The van der Waals surface area contributed by atoms with Gasteiger partial charge in [0, 0.05) is 5.75 Å². The van der Waals surface area contributed by atoms with Crippen LogP contribution in [0.4, 0.5) is 0 Å². The van der Waals surface area contributed by atoms with Gasteiger partial charge in [-0.15, -0.1) is 11.8 Å². The highest BCUT2D eigenvalue weighted by Crippen LogP contribution is 2.05. The van der Waals surface area contributed by atoms with Crippen LogP contribution in [-0.2, 0) is 4.74 Å². The molecule has 0 spiro atoms. The van der Waals surface area contributed by atoms with Gasteiger partial charge >= 0.3 is 0 Å². The Morgan fingerprint density at radius 3 is 2.86 bits per heavy atom. The molecule has 0 amide bonds. The van der Waals surface area contributed by atoms with Gasteiger partial charge in [0.05, 0.1) is 12.4 Å². The van der Waals surface area contributed by atoms with Gasteiger partial charge in [0.2, 0.25) is 0 Å². The van der Waals surface area contributed by atoms with Gasteiger partial charge in [0.15, 0.2) is 5.90 Å². The molecule has 0 aromatic heterocycles. The predicted molar refractivity (Wildman–Crippen MR) is 31.0 cm³/mol. The van der Waals surface area contributed by atoms with E-state index in [1.165, 1.54) is 0 Å². The van der Waals surface area contributed by atoms with E-state index in [0.29, 0.717) is 5.90 Å². The van der Waals surface area contributed by atoms with E-state index in [4.69, 9.17) is 10.1 Å². The summed E-state index contributed by atoms with van der Waals surface area (Å²) in [6.07, 6.45) is 0. The Labute approximate surface area is 46.8 Å². The van der Waals surface area contributed by atoms with Gasteiger partial charge in [0.25, 0.3) is 0 Å². The van der Waals surface area contributed by atoms with Crippen LogP contribution < -0.4 is 0 Å². The molecular weight excluding hydrogens is 110 g/mol. The van der Waals surface area contributed by atoms with Crippen LogP contribution in [0.15, 0.2) is 0 Å². The van der Waals surface area contributed by atoms with Crippen LogP contribution >= 0.6 is 11.8 Å². The first kappa shape index (κ1) is 4.97. The molecule has 1 rings (SSSR count). The van der Waals surface area contributed by atoms with Gasteiger partial charge in [0.1, 0.15) is 0 Å². The zero-order valence-corrected chi connectivity index (χ0v) is 4.75. The highest BCUT2D eigenvalue weighted by atomic mass is 32.2. The van der Waals surface area contributed by atoms with Crippen molar-refractivity contribution in [3.8, 4) is 0 Å². The Hall–Kier alpha value is -0.180. The van der Waals surface area contributed by atoms with Crippen LogP contribution in [0.25, 0.3) is 0 Å². The lowest BCUT2D eigenvalue weighted by atomic mass is 10.7. The number of nitrogens with one attached hydrogen (secondary N) is 1. The summed E-state index contributed by atoms with van der Waals surface area (Å²) in [5.74, 6) is 2.24. The fraction of sp³-hybridized carbons (Fsp3) is 0.750. The average molecular weight is 117 g/mol. The molecule has 1 fully saturated rings. The first-order valence-electron chi connectivity index (χ1n) is 2.17. The molecule has 0 aromatic carbocycles. The van der Waals surface area contributed by atoms with Crippen LogP contribution in [0.2, 0.25) is 0 Å². The zero-order valence-electron chi connectivity index (χ0n) is 3.94. The van der Waals surface area contributed by atoms with Crippen molar-refractivity contribution in [2.45, 2.75) is 0 Å². The Morgan fingerprint density at radius 2 is 2.57 bits per heavy atom. The van der Waals surface area contributed by atoms with Crippen molar-refractivity contribution < 1.29 is 4.74 Å². The van der Waals surface area contributed by atoms with Crippen molar-refractivity contribution >= 4 is 17.7 Å². The molecule has 7 heavy (non-hydrogen) atoms. The topological polar surface area (TPSA) is 33.1 Å². The second-order valence-corrected chi connectivity index (χ2v) is 2.43. The van der Waals surface area contributed by atoms with Crippen LogP contribution in [0.5, 0.6) is 0 Å². The summed E-state index contributed by atoms with van der Waals surface area (Å²) in [6.45, 7) is 0.726. The van der Waals surface area contributed by atoms with Crippen molar-refractivity contribution in [2.75, 3.05) is 18.1 Å². The lowest BCUT2D eigenvalue weighted by Gasteiger charge is -2.11. The average Bonchev–Trinajstić information content (AvgIpc) is 1.69. The standard InChI is InChI=1S/C4H7NOS/c5-4-3-7-2-1-6-4/h5H,1-3H2. The first-order valence-corrected chi connectivity index (χ1v) is 3.33. The normalized spacial score (nSPS) is 21.4. The summed E-state index contributed by atoms with van der Waals surface area (Å²) in [4.78, 5) is 0. The predicted octanol–water partition coefficient (Wildman–Crippen LogP) is 0.727. The molecule has 0 saturated carbocycles. The molecule has 0 aromatic rings. The van der Waals surface area contributed by atoms with Gasteiger partial charge in [-0.25, -0.2) is 0 Å².